The molecule has 1 fully saturated rings. The van der Waals surface area contributed by atoms with Crippen molar-refractivity contribution in [2.75, 3.05) is 20.2 Å². The van der Waals surface area contributed by atoms with E-state index in [9.17, 15) is 4.79 Å². The van der Waals surface area contributed by atoms with Gasteiger partial charge in [-0.3, -0.25) is 4.79 Å². The van der Waals surface area contributed by atoms with E-state index in [1.807, 2.05) is 14.0 Å². The number of nitrogens with two attached hydrogens (primary N) is 1. The van der Waals surface area contributed by atoms with E-state index in [4.69, 9.17) is 10.5 Å². The Balaban J connectivity index is 2.20. The van der Waals surface area contributed by atoms with Gasteiger partial charge in [0.15, 0.2) is 0 Å². The van der Waals surface area contributed by atoms with Gasteiger partial charge in [0, 0.05) is 26.2 Å². The number of amides is 1. The van der Waals surface area contributed by atoms with Gasteiger partial charge in [0.2, 0.25) is 5.91 Å². The lowest BCUT2D eigenvalue weighted by molar-refractivity contribution is -0.132. The van der Waals surface area contributed by atoms with Gasteiger partial charge in [-0.2, -0.15) is 0 Å². The van der Waals surface area contributed by atoms with Crippen LogP contribution in [-0.2, 0) is 9.53 Å². The van der Waals surface area contributed by atoms with Crippen LogP contribution in [0.15, 0.2) is 0 Å². The van der Waals surface area contributed by atoms with Crippen molar-refractivity contribution in [2.24, 2.45) is 5.73 Å². The van der Waals surface area contributed by atoms with Crippen LogP contribution < -0.4 is 5.73 Å². The normalized spacial score (nSPS) is 22.7. The van der Waals surface area contributed by atoms with E-state index in [1.54, 1.807) is 4.90 Å². The summed E-state index contributed by atoms with van der Waals surface area (Å²) >= 11 is 0. The second-order valence-corrected chi connectivity index (χ2v) is 4.42. The number of hydrogen-bond acceptors (Lipinski definition) is 3. The smallest absolute Gasteiger partial charge is 0.224 e. The molecule has 1 amide bonds. The molecule has 4 nitrogen and oxygen atoms in total. The predicted molar refractivity (Wildman–Crippen MR) is 59.5 cm³/mol. The van der Waals surface area contributed by atoms with Crippen molar-refractivity contribution in [1.82, 2.24) is 4.90 Å². The van der Waals surface area contributed by atoms with Crippen molar-refractivity contribution in [3.63, 3.8) is 0 Å². The maximum Gasteiger partial charge on any atom is 0.224 e. The summed E-state index contributed by atoms with van der Waals surface area (Å²) < 4.78 is 5.43. The summed E-state index contributed by atoms with van der Waals surface area (Å²) in [7, 11) is 1.83. The Morgan fingerprint density at radius 1 is 1.67 bits per heavy atom. The first-order valence-corrected chi connectivity index (χ1v) is 5.70. The minimum Gasteiger partial charge on any atom is -0.378 e. The molecule has 0 radical (unpaired) electrons. The minimum absolute atomic E-state index is 0.148. The molecule has 1 heterocycles. The molecule has 2 N–H and O–H groups in total. The predicted octanol–water partition coefficient (Wildman–Crippen LogP) is 0.751. The average Bonchev–Trinajstić information content (AvgIpc) is 2.66. The molecule has 2 atom stereocenters. The van der Waals surface area contributed by atoms with Crippen LogP contribution in [0.4, 0.5) is 0 Å². The minimum atomic E-state index is 0.148. The summed E-state index contributed by atoms with van der Waals surface area (Å²) in [6, 6.07) is 0.156. The number of ether oxygens (including phenoxy) is 1. The van der Waals surface area contributed by atoms with E-state index >= 15 is 0 Å². The Hall–Kier alpha value is -0.610. The first-order valence-electron chi connectivity index (χ1n) is 5.70. The highest BCUT2D eigenvalue weighted by molar-refractivity contribution is 5.76. The molecule has 0 aromatic heterocycles. The molecule has 1 aliphatic heterocycles. The van der Waals surface area contributed by atoms with Crippen molar-refractivity contribution >= 4 is 5.91 Å². The van der Waals surface area contributed by atoms with Crippen LogP contribution in [0.2, 0.25) is 0 Å². The molecule has 1 aliphatic rings. The molecule has 4 heteroatoms. The zero-order valence-electron chi connectivity index (χ0n) is 9.74. The fourth-order valence-electron chi connectivity index (χ4n) is 1.68. The molecular weight excluding hydrogens is 192 g/mol. The van der Waals surface area contributed by atoms with Gasteiger partial charge in [-0.05, 0) is 26.2 Å². The van der Waals surface area contributed by atoms with Crippen LogP contribution >= 0.6 is 0 Å². The molecule has 0 aromatic rings. The number of carbonyl (C=O) groups excluding carboxylic acids is 1. The molecule has 0 spiro atoms. The van der Waals surface area contributed by atoms with Crippen LogP contribution in [0.3, 0.4) is 0 Å². The van der Waals surface area contributed by atoms with Gasteiger partial charge in [0.1, 0.15) is 0 Å². The fraction of sp³-hybridized carbons (Fsp3) is 0.909. The Kier molecular flexibility index (Phi) is 5.05. The molecular formula is C11H22N2O2. The summed E-state index contributed by atoms with van der Waals surface area (Å²) in [6.07, 6.45) is 3.63. The van der Waals surface area contributed by atoms with Gasteiger partial charge in [-0.25, -0.2) is 0 Å². The number of nitrogens with zero attached hydrogens (tertiary/aromatic N) is 1. The van der Waals surface area contributed by atoms with Crippen molar-refractivity contribution in [3.05, 3.63) is 0 Å². The van der Waals surface area contributed by atoms with Gasteiger partial charge in [0.25, 0.3) is 0 Å². The fourth-order valence-corrected chi connectivity index (χ4v) is 1.68. The van der Waals surface area contributed by atoms with Gasteiger partial charge in [-0.1, -0.05) is 0 Å². The lowest BCUT2D eigenvalue weighted by atomic mass is 10.1. The first kappa shape index (κ1) is 12.5. The topological polar surface area (TPSA) is 55.6 Å². The lowest BCUT2D eigenvalue weighted by Gasteiger charge is -2.20. The Labute approximate surface area is 91.8 Å². The Bertz CT molecular complexity index is 201. The summed E-state index contributed by atoms with van der Waals surface area (Å²) in [5, 5.41) is 0. The molecule has 88 valence electrons. The highest BCUT2D eigenvalue weighted by Gasteiger charge is 2.20. The van der Waals surface area contributed by atoms with E-state index in [0.29, 0.717) is 6.42 Å². The number of hydrogen-bond donors (Lipinski definition) is 1. The zero-order valence-corrected chi connectivity index (χ0v) is 9.74. The summed E-state index contributed by atoms with van der Waals surface area (Å²) in [5.41, 5.74) is 5.64. The van der Waals surface area contributed by atoms with Crippen LogP contribution in [-0.4, -0.2) is 43.2 Å². The van der Waals surface area contributed by atoms with Crippen LogP contribution in [0.1, 0.15) is 32.6 Å². The molecule has 0 aromatic carbocycles. The van der Waals surface area contributed by atoms with Gasteiger partial charge in [-0.15, -0.1) is 0 Å². The van der Waals surface area contributed by atoms with Crippen LogP contribution in [0.5, 0.6) is 0 Å². The lowest BCUT2D eigenvalue weighted by Crippen LogP contribution is -2.33. The molecule has 1 saturated heterocycles. The number of rotatable bonds is 5. The van der Waals surface area contributed by atoms with Gasteiger partial charge < -0.3 is 15.4 Å². The maximum atomic E-state index is 11.7. The third-order valence-electron chi connectivity index (χ3n) is 2.77. The Morgan fingerprint density at radius 3 is 2.93 bits per heavy atom. The standard InChI is InChI=1S/C11H22N2O2/c1-9(12)5-6-13(2)11(14)8-10-4-3-7-15-10/h9-10H,3-8,12H2,1-2H3. The van der Waals surface area contributed by atoms with Crippen molar-refractivity contribution in [1.29, 1.82) is 0 Å². The molecule has 15 heavy (non-hydrogen) atoms. The van der Waals surface area contributed by atoms with E-state index in [-0.39, 0.29) is 18.1 Å². The van der Waals surface area contributed by atoms with Crippen molar-refractivity contribution in [2.45, 2.75) is 44.8 Å². The second kappa shape index (κ2) is 6.08. The highest BCUT2D eigenvalue weighted by atomic mass is 16.5. The maximum absolute atomic E-state index is 11.7. The van der Waals surface area contributed by atoms with Crippen LogP contribution in [0.25, 0.3) is 0 Å². The zero-order chi connectivity index (χ0) is 11.3. The largest absolute Gasteiger partial charge is 0.378 e. The third kappa shape index (κ3) is 4.62. The van der Waals surface area contributed by atoms with E-state index in [1.165, 1.54) is 0 Å². The second-order valence-electron chi connectivity index (χ2n) is 4.42. The Morgan fingerprint density at radius 2 is 2.40 bits per heavy atom. The van der Waals surface area contributed by atoms with Gasteiger partial charge in [0.05, 0.1) is 12.5 Å². The van der Waals surface area contributed by atoms with Gasteiger partial charge >= 0.3 is 0 Å². The highest BCUT2D eigenvalue weighted by Crippen LogP contribution is 2.16. The molecule has 0 bridgehead atoms. The average molecular weight is 214 g/mol. The molecule has 0 saturated carbocycles. The molecule has 2 unspecified atom stereocenters. The van der Waals surface area contributed by atoms with E-state index in [0.717, 1.165) is 32.4 Å². The molecule has 1 rings (SSSR count). The van der Waals surface area contributed by atoms with Crippen molar-refractivity contribution in [3.8, 4) is 0 Å². The monoisotopic (exact) mass is 214 g/mol. The summed E-state index contributed by atoms with van der Waals surface area (Å²) in [4.78, 5) is 13.5. The van der Waals surface area contributed by atoms with Crippen LogP contribution in [0, 0.1) is 0 Å². The van der Waals surface area contributed by atoms with E-state index in [2.05, 4.69) is 0 Å². The third-order valence-corrected chi connectivity index (χ3v) is 2.77. The first-order chi connectivity index (χ1) is 7.09. The summed E-state index contributed by atoms with van der Waals surface area (Å²) in [6.45, 7) is 3.50. The SMILES string of the molecule is CC(N)CCN(C)C(=O)CC1CCCO1. The van der Waals surface area contributed by atoms with E-state index < -0.39 is 0 Å². The number of carbonyl (C=O) groups is 1. The van der Waals surface area contributed by atoms with Crippen molar-refractivity contribution < 1.29 is 9.53 Å². The summed E-state index contributed by atoms with van der Waals surface area (Å²) in [5.74, 6) is 0.169. The molecule has 0 aliphatic carbocycles. The quantitative estimate of drug-likeness (QED) is 0.735.